The summed E-state index contributed by atoms with van der Waals surface area (Å²) in [7, 11) is 0. The zero-order chi connectivity index (χ0) is 10.8. The van der Waals surface area contributed by atoms with Crippen LogP contribution in [0.5, 0.6) is 0 Å². The van der Waals surface area contributed by atoms with Crippen LogP contribution in [0.25, 0.3) is 0 Å². The van der Waals surface area contributed by atoms with E-state index in [0.717, 1.165) is 0 Å². The van der Waals surface area contributed by atoms with Crippen LogP contribution in [0.15, 0.2) is 5.38 Å². The third kappa shape index (κ3) is 2.45. The molecule has 1 aromatic rings. The smallest absolute Gasteiger partial charge is 0.228 e. The standard InChI is InChI=1S/C9H13N3O2S/c10-9-11-6(5-15-9)3-8(14)12-2-1-7(13)4-12/h5,7,13H,1-4H2,(H2,10,11)/t7-/m0/s1. The number of carbonyl (C=O) groups is 1. The number of hydrogen-bond donors (Lipinski definition) is 2. The van der Waals surface area contributed by atoms with Gasteiger partial charge >= 0.3 is 0 Å². The van der Waals surface area contributed by atoms with Gasteiger partial charge in [0.2, 0.25) is 5.91 Å². The van der Waals surface area contributed by atoms with E-state index in [1.54, 1.807) is 10.3 Å². The van der Waals surface area contributed by atoms with Crippen molar-refractivity contribution in [2.75, 3.05) is 18.8 Å². The maximum Gasteiger partial charge on any atom is 0.228 e. The number of carbonyl (C=O) groups excluding carboxylic acids is 1. The van der Waals surface area contributed by atoms with Crippen LogP contribution in [-0.2, 0) is 11.2 Å². The molecule has 5 nitrogen and oxygen atoms in total. The second kappa shape index (κ2) is 4.16. The lowest BCUT2D eigenvalue weighted by Crippen LogP contribution is -2.30. The van der Waals surface area contributed by atoms with Crippen LogP contribution in [0.4, 0.5) is 5.13 Å². The fourth-order valence-corrected chi connectivity index (χ4v) is 2.20. The molecule has 1 atom stereocenters. The lowest BCUT2D eigenvalue weighted by Gasteiger charge is -2.14. The molecule has 1 aromatic heterocycles. The monoisotopic (exact) mass is 227 g/mol. The number of aliphatic hydroxyl groups is 1. The second-order valence-corrected chi connectivity index (χ2v) is 4.53. The molecule has 1 aliphatic heterocycles. The molecular formula is C9H13N3O2S. The fourth-order valence-electron chi connectivity index (χ4n) is 1.64. The molecule has 3 N–H and O–H groups in total. The molecule has 0 saturated carbocycles. The molecule has 1 aliphatic rings. The molecule has 0 radical (unpaired) electrons. The van der Waals surface area contributed by atoms with Gasteiger partial charge in [-0.2, -0.15) is 0 Å². The average molecular weight is 227 g/mol. The van der Waals surface area contributed by atoms with E-state index in [0.29, 0.717) is 30.3 Å². The number of aromatic nitrogens is 1. The van der Waals surface area contributed by atoms with E-state index in [-0.39, 0.29) is 18.4 Å². The van der Waals surface area contributed by atoms with Crippen LogP contribution in [0.3, 0.4) is 0 Å². The van der Waals surface area contributed by atoms with E-state index in [1.807, 2.05) is 0 Å². The number of nitrogens with two attached hydrogens (primary N) is 1. The molecule has 0 spiro atoms. The highest BCUT2D eigenvalue weighted by Crippen LogP contribution is 2.14. The van der Waals surface area contributed by atoms with Gasteiger partial charge in [-0.05, 0) is 6.42 Å². The summed E-state index contributed by atoms with van der Waals surface area (Å²) < 4.78 is 0. The largest absolute Gasteiger partial charge is 0.391 e. The summed E-state index contributed by atoms with van der Waals surface area (Å²) in [6.07, 6.45) is 0.584. The van der Waals surface area contributed by atoms with Gasteiger partial charge in [-0.25, -0.2) is 4.98 Å². The minimum atomic E-state index is -0.366. The molecule has 1 saturated heterocycles. The van der Waals surface area contributed by atoms with Crippen molar-refractivity contribution in [3.63, 3.8) is 0 Å². The van der Waals surface area contributed by atoms with Gasteiger partial charge in [0.1, 0.15) is 0 Å². The number of aliphatic hydroxyl groups excluding tert-OH is 1. The van der Waals surface area contributed by atoms with Crippen LogP contribution in [-0.4, -0.2) is 40.1 Å². The molecule has 0 aliphatic carbocycles. The Bertz CT molecular complexity index is 366. The number of thiazole rings is 1. The Morgan fingerprint density at radius 1 is 1.80 bits per heavy atom. The number of nitrogens with zero attached hydrogens (tertiary/aromatic N) is 2. The van der Waals surface area contributed by atoms with Crippen molar-refractivity contribution in [2.45, 2.75) is 18.9 Å². The Morgan fingerprint density at radius 3 is 3.13 bits per heavy atom. The minimum absolute atomic E-state index is 0.0110. The topological polar surface area (TPSA) is 79.5 Å². The summed E-state index contributed by atoms with van der Waals surface area (Å²) >= 11 is 1.34. The van der Waals surface area contributed by atoms with E-state index in [4.69, 9.17) is 5.73 Å². The third-order valence-corrected chi connectivity index (χ3v) is 3.14. The Kier molecular flexibility index (Phi) is 2.88. The zero-order valence-corrected chi connectivity index (χ0v) is 9.04. The summed E-state index contributed by atoms with van der Waals surface area (Å²) in [6, 6.07) is 0. The van der Waals surface area contributed by atoms with Crippen molar-refractivity contribution >= 4 is 22.4 Å². The number of hydrogen-bond acceptors (Lipinski definition) is 5. The second-order valence-electron chi connectivity index (χ2n) is 3.64. The number of β-amino-alcohol motifs (C(OH)–C–C–N with tert-alkyl or cyclic N) is 1. The predicted octanol–water partition coefficient (Wildman–Crippen LogP) is -0.139. The molecular weight excluding hydrogens is 214 g/mol. The SMILES string of the molecule is Nc1nc(CC(=O)N2CC[C@H](O)C2)cs1. The van der Waals surface area contributed by atoms with Crippen molar-refractivity contribution in [1.82, 2.24) is 9.88 Å². The van der Waals surface area contributed by atoms with E-state index >= 15 is 0 Å². The Balaban J connectivity index is 1.92. The fraction of sp³-hybridized carbons (Fsp3) is 0.556. The first-order valence-corrected chi connectivity index (χ1v) is 5.69. The van der Waals surface area contributed by atoms with E-state index in [9.17, 15) is 9.90 Å². The normalized spacial score (nSPS) is 20.9. The maximum atomic E-state index is 11.7. The summed E-state index contributed by atoms with van der Waals surface area (Å²) in [4.78, 5) is 17.4. The number of likely N-dealkylation sites (tertiary alicyclic amines) is 1. The van der Waals surface area contributed by atoms with Crippen LogP contribution in [0, 0.1) is 0 Å². The van der Waals surface area contributed by atoms with E-state index in [1.165, 1.54) is 11.3 Å². The van der Waals surface area contributed by atoms with Crippen LogP contribution >= 0.6 is 11.3 Å². The van der Waals surface area contributed by atoms with Crippen LogP contribution < -0.4 is 5.73 Å². The summed E-state index contributed by atoms with van der Waals surface area (Å²) in [5.41, 5.74) is 6.18. The van der Waals surface area contributed by atoms with Gasteiger partial charge in [-0.3, -0.25) is 4.79 Å². The van der Waals surface area contributed by atoms with E-state index in [2.05, 4.69) is 4.98 Å². The summed E-state index contributed by atoms with van der Waals surface area (Å²) in [5.74, 6) is 0.0110. The van der Waals surface area contributed by atoms with Gasteiger partial charge in [0.25, 0.3) is 0 Å². The minimum Gasteiger partial charge on any atom is -0.391 e. The zero-order valence-electron chi connectivity index (χ0n) is 8.22. The summed E-state index contributed by atoms with van der Waals surface area (Å²) in [5, 5.41) is 11.6. The first-order valence-electron chi connectivity index (χ1n) is 4.81. The molecule has 0 bridgehead atoms. The van der Waals surface area contributed by atoms with Crippen molar-refractivity contribution in [3.05, 3.63) is 11.1 Å². The maximum absolute atomic E-state index is 11.7. The number of amides is 1. The van der Waals surface area contributed by atoms with Gasteiger partial charge < -0.3 is 15.7 Å². The van der Waals surface area contributed by atoms with Gasteiger partial charge in [-0.1, -0.05) is 0 Å². The molecule has 0 aromatic carbocycles. The van der Waals surface area contributed by atoms with E-state index < -0.39 is 0 Å². The van der Waals surface area contributed by atoms with Gasteiger partial charge in [0.15, 0.2) is 5.13 Å². The number of nitrogen functional groups attached to an aromatic ring is 1. The molecule has 2 rings (SSSR count). The highest BCUT2D eigenvalue weighted by Gasteiger charge is 2.24. The quantitative estimate of drug-likeness (QED) is 0.737. The van der Waals surface area contributed by atoms with Gasteiger partial charge in [0, 0.05) is 18.5 Å². The molecule has 1 amide bonds. The first-order chi connectivity index (χ1) is 7.15. The molecule has 1 fully saturated rings. The highest BCUT2D eigenvalue weighted by molar-refractivity contribution is 7.13. The van der Waals surface area contributed by atoms with Gasteiger partial charge in [-0.15, -0.1) is 11.3 Å². The molecule has 2 heterocycles. The molecule has 15 heavy (non-hydrogen) atoms. The van der Waals surface area contributed by atoms with Crippen molar-refractivity contribution in [1.29, 1.82) is 0 Å². The van der Waals surface area contributed by atoms with Crippen LogP contribution in [0.2, 0.25) is 0 Å². The van der Waals surface area contributed by atoms with Crippen molar-refractivity contribution in [2.24, 2.45) is 0 Å². The first kappa shape index (κ1) is 10.4. The Hall–Kier alpha value is -1.14. The molecule has 0 unspecified atom stereocenters. The highest BCUT2D eigenvalue weighted by atomic mass is 32.1. The molecule has 6 heteroatoms. The van der Waals surface area contributed by atoms with Crippen molar-refractivity contribution in [3.8, 4) is 0 Å². The Labute approximate surface area is 91.5 Å². The van der Waals surface area contributed by atoms with Crippen molar-refractivity contribution < 1.29 is 9.90 Å². The van der Waals surface area contributed by atoms with Crippen LogP contribution in [0.1, 0.15) is 12.1 Å². The average Bonchev–Trinajstić information content (AvgIpc) is 2.75. The lowest BCUT2D eigenvalue weighted by atomic mass is 10.3. The Morgan fingerprint density at radius 2 is 2.60 bits per heavy atom. The van der Waals surface area contributed by atoms with Gasteiger partial charge in [0.05, 0.1) is 18.2 Å². The number of rotatable bonds is 2. The third-order valence-electron chi connectivity index (χ3n) is 2.42. The predicted molar refractivity (Wildman–Crippen MR) is 57.4 cm³/mol. The number of anilines is 1. The summed E-state index contributed by atoms with van der Waals surface area (Å²) in [6.45, 7) is 1.08. The molecule has 82 valence electrons. The lowest BCUT2D eigenvalue weighted by molar-refractivity contribution is -0.129.